The molecule has 1 heterocycles. The summed E-state index contributed by atoms with van der Waals surface area (Å²) in [5, 5.41) is 13.6. The number of fused-ring (bicyclic) bond motifs is 1. The first-order valence-corrected chi connectivity index (χ1v) is 7.86. The van der Waals surface area contributed by atoms with Crippen LogP contribution in [0.3, 0.4) is 0 Å². The van der Waals surface area contributed by atoms with E-state index in [4.69, 9.17) is 4.74 Å². The number of aromatic nitrogens is 1. The molecule has 0 bridgehead atoms. The zero-order valence-corrected chi connectivity index (χ0v) is 14.0. The lowest BCUT2D eigenvalue weighted by Crippen LogP contribution is -1.98. The first-order valence-electron chi connectivity index (χ1n) is 7.86. The summed E-state index contributed by atoms with van der Waals surface area (Å²) in [5.41, 5.74) is 3.48. The van der Waals surface area contributed by atoms with Crippen LogP contribution in [0.5, 0.6) is 5.75 Å². The lowest BCUT2D eigenvalue weighted by atomic mass is 10.0. The summed E-state index contributed by atoms with van der Waals surface area (Å²) < 4.78 is 5.25. The summed E-state index contributed by atoms with van der Waals surface area (Å²) in [4.78, 5) is 4.59. The molecule has 1 aromatic heterocycles. The maximum atomic E-state index is 9.42. The number of benzene rings is 2. The summed E-state index contributed by atoms with van der Waals surface area (Å²) in [6, 6.07) is 17.9. The number of ether oxygens (including phenoxy) is 1. The number of pyridine rings is 1. The molecule has 0 atom stereocenters. The fraction of sp³-hybridized carbons (Fsp3) is 0.200. The van der Waals surface area contributed by atoms with Crippen LogP contribution in [0.1, 0.15) is 30.9 Å². The second-order valence-corrected chi connectivity index (χ2v) is 5.96. The molecule has 3 aromatic rings. The number of hydrogen-bond acceptors (Lipinski definition) is 4. The Morgan fingerprint density at radius 1 is 1.08 bits per heavy atom. The van der Waals surface area contributed by atoms with E-state index < -0.39 is 0 Å². The molecule has 0 spiro atoms. The van der Waals surface area contributed by atoms with Crippen molar-refractivity contribution in [3.63, 3.8) is 0 Å². The van der Waals surface area contributed by atoms with Crippen LogP contribution in [0.4, 0.5) is 11.5 Å². The summed E-state index contributed by atoms with van der Waals surface area (Å²) >= 11 is 0. The number of methoxy groups -OCH3 is 1. The van der Waals surface area contributed by atoms with E-state index >= 15 is 0 Å². The molecule has 4 heteroatoms. The number of nitrogens with one attached hydrogen (secondary N) is 1. The molecule has 0 aliphatic heterocycles. The van der Waals surface area contributed by atoms with Gasteiger partial charge >= 0.3 is 0 Å². The van der Waals surface area contributed by atoms with Gasteiger partial charge in [0, 0.05) is 17.1 Å². The number of nitrogens with zero attached hydrogens (tertiary/aromatic N) is 2. The number of nitriles is 1. The first kappa shape index (κ1) is 15.8. The number of rotatable bonds is 4. The first-order chi connectivity index (χ1) is 11.6. The Morgan fingerprint density at radius 2 is 1.83 bits per heavy atom. The largest absolute Gasteiger partial charge is 0.497 e. The van der Waals surface area contributed by atoms with Crippen LogP contribution in [0.25, 0.3) is 10.9 Å². The van der Waals surface area contributed by atoms with Gasteiger partial charge in [0.25, 0.3) is 0 Å². The molecule has 0 saturated heterocycles. The highest BCUT2D eigenvalue weighted by molar-refractivity contribution is 5.85. The average molecular weight is 317 g/mol. The van der Waals surface area contributed by atoms with Crippen LogP contribution in [0.2, 0.25) is 0 Å². The fourth-order valence-electron chi connectivity index (χ4n) is 2.54. The predicted octanol–water partition coefficient (Wildman–Crippen LogP) is 4.98. The maximum absolute atomic E-state index is 9.42. The van der Waals surface area contributed by atoms with Gasteiger partial charge in [-0.25, -0.2) is 4.98 Å². The van der Waals surface area contributed by atoms with E-state index in [1.54, 1.807) is 7.11 Å². The molecule has 0 amide bonds. The molecule has 1 N–H and O–H groups in total. The Kier molecular flexibility index (Phi) is 4.35. The second-order valence-electron chi connectivity index (χ2n) is 5.96. The summed E-state index contributed by atoms with van der Waals surface area (Å²) in [6.07, 6.45) is 0. The topological polar surface area (TPSA) is 57.9 Å². The fourth-order valence-corrected chi connectivity index (χ4v) is 2.54. The van der Waals surface area contributed by atoms with E-state index in [0.717, 1.165) is 22.3 Å². The molecular weight excluding hydrogens is 298 g/mol. The average Bonchev–Trinajstić information content (AvgIpc) is 2.61. The van der Waals surface area contributed by atoms with Crippen LogP contribution < -0.4 is 10.1 Å². The van der Waals surface area contributed by atoms with Gasteiger partial charge in [0.05, 0.1) is 18.2 Å². The molecule has 0 aliphatic carbocycles. The molecule has 0 saturated carbocycles. The van der Waals surface area contributed by atoms with Gasteiger partial charge in [0.15, 0.2) is 0 Å². The van der Waals surface area contributed by atoms with Crippen molar-refractivity contribution in [3.8, 4) is 11.8 Å². The van der Waals surface area contributed by atoms with E-state index in [0.29, 0.717) is 17.3 Å². The van der Waals surface area contributed by atoms with Gasteiger partial charge in [-0.05, 0) is 41.8 Å². The number of hydrogen-bond donors (Lipinski definition) is 1. The monoisotopic (exact) mass is 317 g/mol. The molecule has 0 unspecified atom stereocenters. The van der Waals surface area contributed by atoms with Gasteiger partial charge in [-0.3, -0.25) is 0 Å². The van der Waals surface area contributed by atoms with Crippen molar-refractivity contribution in [3.05, 3.63) is 59.7 Å². The zero-order valence-electron chi connectivity index (χ0n) is 14.0. The van der Waals surface area contributed by atoms with Crippen molar-refractivity contribution in [2.45, 2.75) is 19.8 Å². The Bertz CT molecular complexity index is 909. The van der Waals surface area contributed by atoms with Crippen molar-refractivity contribution in [2.24, 2.45) is 0 Å². The second kappa shape index (κ2) is 6.59. The number of anilines is 2. The van der Waals surface area contributed by atoms with E-state index in [-0.39, 0.29) is 0 Å². The quantitative estimate of drug-likeness (QED) is 0.737. The van der Waals surface area contributed by atoms with Gasteiger partial charge in [0.1, 0.15) is 17.6 Å². The normalized spacial score (nSPS) is 10.6. The molecule has 0 fully saturated rings. The van der Waals surface area contributed by atoms with Crippen molar-refractivity contribution in [2.75, 3.05) is 12.4 Å². The molecule has 0 radical (unpaired) electrons. The maximum Gasteiger partial charge on any atom is 0.149 e. The van der Waals surface area contributed by atoms with Crippen LogP contribution in [-0.4, -0.2) is 12.1 Å². The highest BCUT2D eigenvalue weighted by atomic mass is 16.5. The van der Waals surface area contributed by atoms with Crippen molar-refractivity contribution in [1.82, 2.24) is 4.98 Å². The molecular formula is C20H19N3O. The third kappa shape index (κ3) is 3.16. The zero-order chi connectivity index (χ0) is 17.1. The van der Waals surface area contributed by atoms with Gasteiger partial charge in [-0.2, -0.15) is 5.26 Å². The third-order valence-corrected chi connectivity index (χ3v) is 3.99. The van der Waals surface area contributed by atoms with Gasteiger partial charge in [0.2, 0.25) is 0 Å². The highest BCUT2D eigenvalue weighted by Crippen LogP contribution is 2.26. The Morgan fingerprint density at radius 3 is 2.46 bits per heavy atom. The molecule has 4 nitrogen and oxygen atoms in total. The van der Waals surface area contributed by atoms with Gasteiger partial charge in [-0.1, -0.05) is 26.0 Å². The Labute approximate surface area is 141 Å². The summed E-state index contributed by atoms with van der Waals surface area (Å²) in [6.45, 7) is 4.32. The molecule has 0 aliphatic rings. The summed E-state index contributed by atoms with van der Waals surface area (Å²) in [7, 11) is 1.63. The van der Waals surface area contributed by atoms with Crippen molar-refractivity contribution < 1.29 is 4.74 Å². The minimum Gasteiger partial charge on any atom is -0.497 e. The highest BCUT2D eigenvalue weighted by Gasteiger charge is 2.08. The lowest BCUT2D eigenvalue weighted by molar-refractivity contribution is 0.415. The standard InChI is InChI=1S/C20H19N3O/c1-13(2)14-4-7-17(8-5-14)22-20-16(12-21)10-15-6-9-18(24-3)11-19(15)23-20/h4-11,13H,1-3H3,(H,22,23). The molecule has 2 aromatic carbocycles. The van der Waals surface area contributed by atoms with Crippen LogP contribution >= 0.6 is 0 Å². The van der Waals surface area contributed by atoms with Crippen molar-refractivity contribution in [1.29, 1.82) is 5.26 Å². The Balaban J connectivity index is 1.99. The minimum absolute atomic E-state index is 0.486. The summed E-state index contributed by atoms with van der Waals surface area (Å²) in [5.74, 6) is 1.78. The smallest absolute Gasteiger partial charge is 0.149 e. The lowest BCUT2D eigenvalue weighted by Gasteiger charge is -2.11. The molecule has 24 heavy (non-hydrogen) atoms. The van der Waals surface area contributed by atoms with E-state index in [2.05, 4.69) is 42.4 Å². The van der Waals surface area contributed by atoms with E-state index in [1.807, 2.05) is 36.4 Å². The van der Waals surface area contributed by atoms with Gasteiger partial charge < -0.3 is 10.1 Å². The Hall–Kier alpha value is -3.06. The van der Waals surface area contributed by atoms with Crippen LogP contribution in [0, 0.1) is 11.3 Å². The van der Waals surface area contributed by atoms with Crippen molar-refractivity contribution >= 4 is 22.4 Å². The SMILES string of the molecule is COc1ccc2cc(C#N)c(Nc3ccc(C(C)C)cc3)nc2c1. The minimum atomic E-state index is 0.486. The van der Waals surface area contributed by atoms with E-state index in [1.165, 1.54) is 5.56 Å². The van der Waals surface area contributed by atoms with Gasteiger partial charge in [-0.15, -0.1) is 0 Å². The van der Waals surface area contributed by atoms with Crippen LogP contribution in [0.15, 0.2) is 48.5 Å². The predicted molar refractivity (Wildman–Crippen MR) is 96.8 cm³/mol. The van der Waals surface area contributed by atoms with E-state index in [9.17, 15) is 5.26 Å². The third-order valence-electron chi connectivity index (χ3n) is 3.99. The molecule has 3 rings (SSSR count). The van der Waals surface area contributed by atoms with Crippen LogP contribution in [-0.2, 0) is 0 Å². The molecule has 120 valence electrons.